The van der Waals surface area contributed by atoms with E-state index in [-0.39, 0.29) is 17.7 Å². The molecule has 1 saturated heterocycles. The maximum Gasteiger partial charge on any atom is 0.419 e. The minimum Gasteiger partial charge on any atom is -0.361 e. The smallest absolute Gasteiger partial charge is 0.361 e. The number of H-pyrrole nitrogens is 1. The van der Waals surface area contributed by atoms with E-state index < -0.39 is 11.7 Å². The third kappa shape index (κ3) is 4.01. The van der Waals surface area contributed by atoms with Gasteiger partial charge in [-0.3, -0.25) is 0 Å². The quantitative estimate of drug-likeness (QED) is 0.624. The van der Waals surface area contributed by atoms with Gasteiger partial charge in [0.25, 0.3) is 0 Å². The first-order chi connectivity index (χ1) is 13.5. The van der Waals surface area contributed by atoms with E-state index in [1.54, 1.807) is 12.3 Å². The van der Waals surface area contributed by atoms with Crippen LogP contribution in [0.1, 0.15) is 18.4 Å². The van der Waals surface area contributed by atoms with Gasteiger partial charge in [0.1, 0.15) is 5.56 Å². The van der Waals surface area contributed by atoms with Crippen molar-refractivity contribution in [3.8, 4) is 22.5 Å². The van der Waals surface area contributed by atoms with E-state index >= 15 is 0 Å². The van der Waals surface area contributed by atoms with Crippen LogP contribution in [0.4, 0.5) is 19.1 Å². The SMILES string of the molecule is FC(F)(F)c1cnc(NC2CCCNC2)nc1-c1c[nH]c(-c2ccccc2)c1. The zero-order valence-electron chi connectivity index (χ0n) is 15.1. The van der Waals surface area contributed by atoms with Crippen LogP contribution < -0.4 is 10.6 Å². The van der Waals surface area contributed by atoms with Crippen molar-refractivity contribution in [2.45, 2.75) is 25.1 Å². The Balaban J connectivity index is 1.69. The average molecular weight is 387 g/mol. The Labute approximate surface area is 160 Å². The first kappa shape index (κ1) is 18.5. The lowest BCUT2D eigenvalue weighted by molar-refractivity contribution is -0.137. The molecule has 0 spiro atoms. The molecular formula is C20H20F3N5. The van der Waals surface area contributed by atoms with Crippen molar-refractivity contribution in [1.82, 2.24) is 20.3 Å². The number of hydrogen-bond donors (Lipinski definition) is 3. The molecule has 0 amide bonds. The lowest BCUT2D eigenvalue weighted by atomic mass is 10.1. The van der Waals surface area contributed by atoms with E-state index in [1.807, 2.05) is 30.3 Å². The van der Waals surface area contributed by atoms with Crippen LogP contribution in [0.15, 0.2) is 48.8 Å². The normalized spacial score (nSPS) is 17.5. The highest BCUT2D eigenvalue weighted by molar-refractivity contribution is 5.72. The summed E-state index contributed by atoms with van der Waals surface area (Å²) < 4.78 is 40.6. The molecule has 4 rings (SSSR count). The fourth-order valence-electron chi connectivity index (χ4n) is 3.35. The molecule has 2 aromatic heterocycles. The maximum absolute atomic E-state index is 13.5. The fraction of sp³-hybridized carbons (Fsp3) is 0.300. The zero-order chi connectivity index (χ0) is 19.6. The van der Waals surface area contributed by atoms with Crippen LogP contribution in [0.25, 0.3) is 22.5 Å². The van der Waals surface area contributed by atoms with Gasteiger partial charge in [-0.05, 0) is 31.0 Å². The first-order valence-corrected chi connectivity index (χ1v) is 9.16. The largest absolute Gasteiger partial charge is 0.419 e. The van der Waals surface area contributed by atoms with Crippen LogP contribution in [0.3, 0.4) is 0 Å². The predicted molar refractivity (Wildman–Crippen MR) is 102 cm³/mol. The molecule has 3 aromatic rings. The van der Waals surface area contributed by atoms with Gasteiger partial charge in [-0.25, -0.2) is 9.97 Å². The van der Waals surface area contributed by atoms with Crippen molar-refractivity contribution in [2.75, 3.05) is 18.4 Å². The lowest BCUT2D eigenvalue weighted by Crippen LogP contribution is -2.38. The zero-order valence-corrected chi connectivity index (χ0v) is 15.1. The van der Waals surface area contributed by atoms with E-state index in [1.165, 1.54) is 0 Å². The van der Waals surface area contributed by atoms with Gasteiger partial charge in [-0.15, -0.1) is 0 Å². The molecular weight excluding hydrogens is 367 g/mol. The average Bonchev–Trinajstić information content (AvgIpc) is 3.19. The summed E-state index contributed by atoms with van der Waals surface area (Å²) in [5.41, 5.74) is 1.01. The van der Waals surface area contributed by atoms with Crippen LogP contribution in [0.5, 0.6) is 0 Å². The van der Waals surface area contributed by atoms with Crippen LogP contribution in [-0.4, -0.2) is 34.1 Å². The maximum atomic E-state index is 13.5. The molecule has 0 saturated carbocycles. The highest BCUT2D eigenvalue weighted by atomic mass is 19.4. The van der Waals surface area contributed by atoms with Gasteiger partial charge >= 0.3 is 6.18 Å². The number of benzene rings is 1. The number of piperidine rings is 1. The van der Waals surface area contributed by atoms with Crippen LogP contribution in [-0.2, 0) is 6.18 Å². The molecule has 1 aliphatic rings. The molecule has 1 fully saturated rings. The van der Waals surface area contributed by atoms with Crippen molar-refractivity contribution in [3.63, 3.8) is 0 Å². The van der Waals surface area contributed by atoms with E-state index in [9.17, 15) is 13.2 Å². The fourth-order valence-corrected chi connectivity index (χ4v) is 3.35. The molecule has 0 bridgehead atoms. The Morgan fingerprint density at radius 1 is 1.11 bits per heavy atom. The molecule has 0 aliphatic carbocycles. The highest BCUT2D eigenvalue weighted by Crippen LogP contribution is 2.37. The summed E-state index contributed by atoms with van der Waals surface area (Å²) in [7, 11) is 0. The van der Waals surface area contributed by atoms with Crippen LogP contribution >= 0.6 is 0 Å². The number of halogens is 3. The van der Waals surface area contributed by atoms with E-state index in [0.717, 1.165) is 43.4 Å². The summed E-state index contributed by atoms with van der Waals surface area (Å²) in [4.78, 5) is 11.2. The van der Waals surface area contributed by atoms with E-state index in [4.69, 9.17) is 0 Å². The third-order valence-electron chi connectivity index (χ3n) is 4.77. The molecule has 1 atom stereocenters. The Kier molecular flexibility index (Phi) is 5.04. The minimum absolute atomic E-state index is 0.101. The Bertz CT molecular complexity index is 931. The third-order valence-corrected chi connectivity index (χ3v) is 4.77. The second-order valence-electron chi connectivity index (χ2n) is 6.81. The molecule has 1 unspecified atom stereocenters. The van der Waals surface area contributed by atoms with Crippen LogP contribution in [0, 0.1) is 0 Å². The molecule has 1 aromatic carbocycles. The Morgan fingerprint density at radius 3 is 2.64 bits per heavy atom. The second-order valence-corrected chi connectivity index (χ2v) is 6.81. The topological polar surface area (TPSA) is 65.6 Å². The number of rotatable bonds is 4. The summed E-state index contributed by atoms with van der Waals surface area (Å²) in [6, 6.07) is 11.2. The predicted octanol–water partition coefficient (Wildman–Crippen LogP) is 4.32. The van der Waals surface area contributed by atoms with Crippen molar-refractivity contribution < 1.29 is 13.2 Å². The standard InChI is InChI=1S/C20H20F3N5/c21-20(22,23)16-12-26-19(27-15-7-4-8-24-11-15)28-18(16)14-9-17(25-10-14)13-5-2-1-3-6-13/h1-3,5-6,9-10,12,15,24-25H,4,7-8,11H2,(H,26,27,28). The van der Waals surface area contributed by atoms with Crippen molar-refractivity contribution >= 4 is 5.95 Å². The first-order valence-electron chi connectivity index (χ1n) is 9.16. The number of aromatic nitrogens is 3. The molecule has 3 heterocycles. The van der Waals surface area contributed by atoms with Crippen molar-refractivity contribution in [3.05, 3.63) is 54.4 Å². The number of aromatic amines is 1. The number of anilines is 1. The molecule has 8 heteroatoms. The molecule has 146 valence electrons. The van der Waals surface area contributed by atoms with Crippen LogP contribution in [0.2, 0.25) is 0 Å². The van der Waals surface area contributed by atoms with Gasteiger partial charge < -0.3 is 15.6 Å². The van der Waals surface area contributed by atoms with Crippen molar-refractivity contribution in [1.29, 1.82) is 0 Å². The lowest BCUT2D eigenvalue weighted by Gasteiger charge is -2.24. The monoisotopic (exact) mass is 387 g/mol. The summed E-state index contributed by atoms with van der Waals surface area (Å²) in [5.74, 6) is 0.208. The molecule has 5 nitrogen and oxygen atoms in total. The minimum atomic E-state index is -4.54. The van der Waals surface area contributed by atoms with Gasteiger partial charge in [-0.1, -0.05) is 30.3 Å². The highest BCUT2D eigenvalue weighted by Gasteiger charge is 2.36. The van der Waals surface area contributed by atoms with E-state index in [2.05, 4.69) is 25.6 Å². The summed E-state index contributed by atoms with van der Waals surface area (Å²) >= 11 is 0. The van der Waals surface area contributed by atoms with E-state index in [0.29, 0.717) is 5.56 Å². The Morgan fingerprint density at radius 2 is 1.93 bits per heavy atom. The number of alkyl halides is 3. The molecule has 28 heavy (non-hydrogen) atoms. The summed E-state index contributed by atoms with van der Waals surface area (Å²) in [6.07, 6.45) is -0.204. The second kappa shape index (κ2) is 7.63. The van der Waals surface area contributed by atoms with Gasteiger partial charge in [0.15, 0.2) is 0 Å². The van der Waals surface area contributed by atoms with Gasteiger partial charge in [0.05, 0.1) is 5.69 Å². The van der Waals surface area contributed by atoms with Crippen molar-refractivity contribution in [2.24, 2.45) is 0 Å². The Hall–Kier alpha value is -2.87. The molecule has 3 N–H and O–H groups in total. The van der Waals surface area contributed by atoms with Gasteiger partial charge in [0, 0.05) is 36.2 Å². The number of nitrogens with one attached hydrogen (secondary N) is 3. The molecule has 0 radical (unpaired) electrons. The number of nitrogens with zero attached hydrogens (tertiary/aromatic N) is 2. The summed E-state index contributed by atoms with van der Waals surface area (Å²) in [6.45, 7) is 1.69. The summed E-state index contributed by atoms with van der Waals surface area (Å²) in [5, 5.41) is 6.40. The number of hydrogen-bond acceptors (Lipinski definition) is 4. The molecule has 1 aliphatic heterocycles. The van der Waals surface area contributed by atoms with Gasteiger partial charge in [0.2, 0.25) is 5.95 Å². The van der Waals surface area contributed by atoms with Gasteiger partial charge in [-0.2, -0.15) is 13.2 Å².